The van der Waals surface area contributed by atoms with Crippen LogP contribution in [0.2, 0.25) is 0 Å². The van der Waals surface area contributed by atoms with E-state index in [4.69, 9.17) is 0 Å². The summed E-state index contributed by atoms with van der Waals surface area (Å²) in [4.78, 5) is 2.62. The van der Waals surface area contributed by atoms with Gasteiger partial charge in [-0.15, -0.1) is 0 Å². The maximum Gasteiger partial charge on any atom is 0.0237 e. The fourth-order valence-electron chi connectivity index (χ4n) is 3.89. The molecular formula is C19H30N2. The van der Waals surface area contributed by atoms with Gasteiger partial charge in [-0.25, -0.2) is 0 Å². The average molecular weight is 286 g/mol. The fourth-order valence-corrected chi connectivity index (χ4v) is 3.89. The summed E-state index contributed by atoms with van der Waals surface area (Å²) in [6.45, 7) is 5.98. The van der Waals surface area contributed by atoms with Gasteiger partial charge in [0, 0.05) is 19.6 Å². The maximum atomic E-state index is 3.71. The average Bonchev–Trinajstić information content (AvgIpc) is 2.74. The fraction of sp³-hybridized carbons (Fsp3) is 0.684. The highest BCUT2D eigenvalue weighted by Gasteiger charge is 2.15. The first-order valence-corrected chi connectivity index (χ1v) is 8.91. The maximum absolute atomic E-state index is 3.71. The van der Waals surface area contributed by atoms with Crippen molar-refractivity contribution in [2.75, 3.05) is 26.2 Å². The number of nitrogens with one attached hydrogen (secondary N) is 1. The summed E-state index contributed by atoms with van der Waals surface area (Å²) in [7, 11) is 0. The number of fused-ring (bicyclic) bond motifs is 1. The summed E-state index contributed by atoms with van der Waals surface area (Å²) in [5, 5.41) is 3.71. The molecule has 0 radical (unpaired) electrons. The van der Waals surface area contributed by atoms with Crippen LogP contribution < -0.4 is 5.32 Å². The number of benzene rings is 1. The van der Waals surface area contributed by atoms with E-state index in [9.17, 15) is 0 Å². The monoisotopic (exact) mass is 286 g/mol. The molecule has 1 aromatic rings. The SMILES string of the molecule is c1ccc2c(c1)CCCN(CCNCC1CCCCC1)C2. The molecule has 3 rings (SSSR count). The van der Waals surface area contributed by atoms with Crippen LogP contribution in [-0.4, -0.2) is 31.1 Å². The van der Waals surface area contributed by atoms with Crippen molar-refractivity contribution in [1.82, 2.24) is 10.2 Å². The largest absolute Gasteiger partial charge is 0.315 e. The van der Waals surface area contributed by atoms with Crippen LogP contribution in [0.1, 0.15) is 49.7 Å². The minimum absolute atomic E-state index is 0.948. The second kappa shape index (κ2) is 7.95. The molecule has 1 saturated carbocycles. The molecule has 0 amide bonds. The zero-order valence-corrected chi connectivity index (χ0v) is 13.3. The second-order valence-electron chi connectivity index (χ2n) is 6.86. The summed E-state index contributed by atoms with van der Waals surface area (Å²) >= 11 is 0. The third-order valence-corrected chi connectivity index (χ3v) is 5.20. The highest BCUT2D eigenvalue weighted by atomic mass is 15.1. The summed E-state index contributed by atoms with van der Waals surface area (Å²) in [6.07, 6.45) is 9.82. The lowest BCUT2D eigenvalue weighted by molar-refractivity contribution is 0.262. The topological polar surface area (TPSA) is 15.3 Å². The molecule has 21 heavy (non-hydrogen) atoms. The van der Waals surface area contributed by atoms with Crippen molar-refractivity contribution in [2.24, 2.45) is 5.92 Å². The van der Waals surface area contributed by atoms with Gasteiger partial charge in [-0.2, -0.15) is 0 Å². The van der Waals surface area contributed by atoms with Crippen LogP contribution in [0.15, 0.2) is 24.3 Å². The summed E-state index contributed by atoms with van der Waals surface area (Å²) in [5.41, 5.74) is 3.11. The first kappa shape index (κ1) is 15.1. The Kier molecular flexibility index (Phi) is 5.70. The lowest BCUT2D eigenvalue weighted by atomic mass is 9.89. The molecule has 1 heterocycles. The van der Waals surface area contributed by atoms with Crippen molar-refractivity contribution >= 4 is 0 Å². The third kappa shape index (κ3) is 4.55. The van der Waals surface area contributed by atoms with Crippen molar-refractivity contribution in [3.05, 3.63) is 35.4 Å². The second-order valence-corrected chi connectivity index (χ2v) is 6.86. The van der Waals surface area contributed by atoms with Crippen LogP contribution in [0, 0.1) is 5.92 Å². The number of hydrogen-bond acceptors (Lipinski definition) is 2. The standard InChI is InChI=1S/C19H30N2/c1-2-7-17(8-3-1)15-20-12-14-21-13-6-11-18-9-4-5-10-19(18)16-21/h4-5,9-10,17,20H,1-3,6-8,11-16H2. The Bertz CT molecular complexity index is 423. The predicted molar refractivity (Wildman–Crippen MR) is 89.5 cm³/mol. The van der Waals surface area contributed by atoms with E-state index in [1.807, 2.05) is 0 Å². The first-order chi connectivity index (χ1) is 10.4. The highest BCUT2D eigenvalue weighted by molar-refractivity contribution is 5.27. The van der Waals surface area contributed by atoms with Crippen LogP contribution in [-0.2, 0) is 13.0 Å². The highest BCUT2D eigenvalue weighted by Crippen LogP contribution is 2.22. The van der Waals surface area contributed by atoms with Gasteiger partial charge in [0.25, 0.3) is 0 Å². The van der Waals surface area contributed by atoms with Gasteiger partial charge < -0.3 is 5.32 Å². The molecule has 1 aliphatic heterocycles. The molecule has 2 heteroatoms. The van der Waals surface area contributed by atoms with Gasteiger partial charge in [0.1, 0.15) is 0 Å². The van der Waals surface area contributed by atoms with E-state index in [0.717, 1.165) is 19.0 Å². The molecular weight excluding hydrogens is 256 g/mol. The van der Waals surface area contributed by atoms with Gasteiger partial charge >= 0.3 is 0 Å². The number of hydrogen-bond donors (Lipinski definition) is 1. The Morgan fingerprint density at radius 2 is 1.81 bits per heavy atom. The molecule has 0 unspecified atom stereocenters. The van der Waals surface area contributed by atoms with Gasteiger partial charge in [0.15, 0.2) is 0 Å². The molecule has 0 bridgehead atoms. The number of rotatable bonds is 5. The number of aryl methyl sites for hydroxylation is 1. The number of nitrogens with zero attached hydrogens (tertiary/aromatic N) is 1. The van der Waals surface area contributed by atoms with Gasteiger partial charge in [-0.3, -0.25) is 4.90 Å². The molecule has 0 spiro atoms. The van der Waals surface area contributed by atoms with E-state index < -0.39 is 0 Å². The first-order valence-electron chi connectivity index (χ1n) is 8.91. The molecule has 2 nitrogen and oxygen atoms in total. The van der Waals surface area contributed by atoms with Crippen molar-refractivity contribution in [3.8, 4) is 0 Å². The van der Waals surface area contributed by atoms with E-state index >= 15 is 0 Å². The molecule has 2 aliphatic rings. The molecule has 0 aromatic heterocycles. The summed E-state index contributed by atoms with van der Waals surface area (Å²) in [6, 6.07) is 8.98. The van der Waals surface area contributed by atoms with Crippen LogP contribution >= 0.6 is 0 Å². The Labute approximate surface area is 129 Å². The molecule has 0 atom stereocenters. The third-order valence-electron chi connectivity index (χ3n) is 5.20. The van der Waals surface area contributed by atoms with Crippen molar-refractivity contribution in [1.29, 1.82) is 0 Å². The van der Waals surface area contributed by atoms with Crippen LogP contribution in [0.3, 0.4) is 0 Å². The molecule has 1 aliphatic carbocycles. The summed E-state index contributed by atoms with van der Waals surface area (Å²) < 4.78 is 0. The van der Waals surface area contributed by atoms with Crippen molar-refractivity contribution < 1.29 is 0 Å². The Morgan fingerprint density at radius 1 is 1.00 bits per heavy atom. The van der Waals surface area contributed by atoms with Crippen LogP contribution in [0.4, 0.5) is 0 Å². The minimum atomic E-state index is 0.948. The Balaban J connectivity index is 1.39. The Morgan fingerprint density at radius 3 is 2.67 bits per heavy atom. The lowest BCUT2D eigenvalue weighted by Crippen LogP contribution is -2.34. The molecule has 0 saturated heterocycles. The van der Waals surface area contributed by atoms with Crippen molar-refractivity contribution in [3.63, 3.8) is 0 Å². The van der Waals surface area contributed by atoms with Crippen LogP contribution in [0.25, 0.3) is 0 Å². The molecule has 1 N–H and O–H groups in total. The van der Waals surface area contributed by atoms with Crippen LogP contribution in [0.5, 0.6) is 0 Å². The normalized spacial score (nSPS) is 21.0. The van der Waals surface area contributed by atoms with Gasteiger partial charge in [-0.05, 0) is 55.8 Å². The quantitative estimate of drug-likeness (QED) is 0.832. The van der Waals surface area contributed by atoms with E-state index in [-0.39, 0.29) is 0 Å². The molecule has 116 valence electrons. The lowest BCUT2D eigenvalue weighted by Gasteiger charge is -2.24. The van der Waals surface area contributed by atoms with Crippen molar-refractivity contribution in [2.45, 2.75) is 51.5 Å². The zero-order valence-electron chi connectivity index (χ0n) is 13.3. The smallest absolute Gasteiger partial charge is 0.0237 e. The molecule has 1 fully saturated rings. The van der Waals surface area contributed by atoms with Gasteiger partial charge in [0.2, 0.25) is 0 Å². The minimum Gasteiger partial charge on any atom is -0.315 e. The van der Waals surface area contributed by atoms with E-state index in [0.29, 0.717) is 0 Å². The molecule has 1 aromatic carbocycles. The van der Waals surface area contributed by atoms with Gasteiger partial charge in [-0.1, -0.05) is 43.5 Å². The van der Waals surface area contributed by atoms with E-state index in [2.05, 4.69) is 34.5 Å². The van der Waals surface area contributed by atoms with E-state index in [1.165, 1.54) is 64.6 Å². The zero-order chi connectivity index (χ0) is 14.3. The van der Waals surface area contributed by atoms with Gasteiger partial charge in [0.05, 0.1) is 0 Å². The summed E-state index contributed by atoms with van der Waals surface area (Å²) in [5.74, 6) is 0.948. The Hall–Kier alpha value is -0.860. The predicted octanol–water partition coefficient (Wildman–Crippen LogP) is 3.60. The van der Waals surface area contributed by atoms with E-state index in [1.54, 1.807) is 11.1 Å².